The van der Waals surface area contributed by atoms with Gasteiger partial charge in [0.1, 0.15) is 9.79 Å². The van der Waals surface area contributed by atoms with Gasteiger partial charge in [-0.15, -0.1) is 0 Å². The fraction of sp³-hybridized carbons (Fsp3) is 0.167. The molecule has 0 saturated heterocycles. The van der Waals surface area contributed by atoms with E-state index >= 15 is 0 Å². The molecule has 4 nitrogen and oxygen atoms in total. The molecule has 0 saturated carbocycles. The number of H-pyrrole nitrogens is 1. The zero-order valence-corrected chi connectivity index (χ0v) is 11.4. The molecule has 18 heavy (non-hydrogen) atoms. The molecule has 0 aliphatic heterocycles. The Morgan fingerprint density at radius 2 is 1.89 bits per heavy atom. The van der Waals surface area contributed by atoms with Gasteiger partial charge in [0.15, 0.2) is 11.5 Å². The van der Waals surface area contributed by atoms with Gasteiger partial charge < -0.3 is 9.47 Å². The Kier molecular flexibility index (Phi) is 3.84. The van der Waals surface area contributed by atoms with Gasteiger partial charge in [-0.2, -0.15) is 5.10 Å². The Bertz CT molecular complexity index is 628. The SMILES string of the molecule is COc1ccc(-c2cc(Cl)n[nH]c2=S)cc1OC. The van der Waals surface area contributed by atoms with Crippen molar-refractivity contribution in [2.45, 2.75) is 0 Å². The topological polar surface area (TPSA) is 47.1 Å². The van der Waals surface area contributed by atoms with Crippen molar-refractivity contribution < 1.29 is 9.47 Å². The van der Waals surface area contributed by atoms with Crippen LogP contribution in [0.25, 0.3) is 11.1 Å². The van der Waals surface area contributed by atoms with Crippen LogP contribution in [0, 0.1) is 4.64 Å². The molecule has 0 aliphatic rings. The summed E-state index contributed by atoms with van der Waals surface area (Å²) < 4.78 is 11.0. The largest absolute Gasteiger partial charge is 0.493 e. The second kappa shape index (κ2) is 5.37. The van der Waals surface area contributed by atoms with Crippen molar-refractivity contribution in [1.82, 2.24) is 10.2 Å². The Balaban J connectivity index is 2.57. The number of ether oxygens (including phenoxy) is 2. The van der Waals surface area contributed by atoms with Crippen LogP contribution >= 0.6 is 23.8 Å². The first kappa shape index (κ1) is 12.9. The van der Waals surface area contributed by atoms with E-state index in [4.69, 9.17) is 33.3 Å². The molecule has 1 aromatic heterocycles. The summed E-state index contributed by atoms with van der Waals surface area (Å²) >= 11 is 11.0. The van der Waals surface area contributed by atoms with E-state index in [1.807, 2.05) is 18.2 Å². The lowest BCUT2D eigenvalue weighted by Crippen LogP contribution is -1.92. The number of benzene rings is 1. The van der Waals surface area contributed by atoms with Crippen LogP contribution in [0.1, 0.15) is 0 Å². The van der Waals surface area contributed by atoms with Gasteiger partial charge in [0.2, 0.25) is 0 Å². The molecule has 0 bridgehead atoms. The number of nitrogens with one attached hydrogen (secondary N) is 1. The lowest BCUT2D eigenvalue weighted by atomic mass is 10.1. The summed E-state index contributed by atoms with van der Waals surface area (Å²) in [6.45, 7) is 0. The molecular weight excluding hydrogens is 272 g/mol. The first-order valence-electron chi connectivity index (χ1n) is 5.13. The highest BCUT2D eigenvalue weighted by Gasteiger charge is 2.08. The fourth-order valence-electron chi connectivity index (χ4n) is 1.60. The van der Waals surface area contributed by atoms with Crippen molar-refractivity contribution in [1.29, 1.82) is 0 Å². The Morgan fingerprint density at radius 3 is 2.56 bits per heavy atom. The zero-order chi connectivity index (χ0) is 13.1. The third-order valence-electron chi connectivity index (χ3n) is 2.47. The second-order valence-electron chi connectivity index (χ2n) is 3.50. The number of rotatable bonds is 3. The molecule has 94 valence electrons. The van der Waals surface area contributed by atoms with Crippen molar-refractivity contribution in [2.75, 3.05) is 14.2 Å². The zero-order valence-electron chi connectivity index (χ0n) is 9.86. The van der Waals surface area contributed by atoms with E-state index in [0.29, 0.717) is 21.3 Å². The van der Waals surface area contributed by atoms with Crippen molar-refractivity contribution in [2.24, 2.45) is 0 Å². The standard InChI is InChI=1S/C12H11ClN2O2S/c1-16-9-4-3-7(5-10(9)17-2)8-6-11(13)14-15-12(8)18/h3-6H,1-2H3,(H,15,18). The highest BCUT2D eigenvalue weighted by Crippen LogP contribution is 2.32. The van der Waals surface area contributed by atoms with Gasteiger partial charge in [-0.25, -0.2) is 0 Å². The van der Waals surface area contributed by atoms with Crippen molar-refractivity contribution in [3.8, 4) is 22.6 Å². The highest BCUT2D eigenvalue weighted by atomic mass is 35.5. The Labute approximate surface area is 115 Å². The van der Waals surface area contributed by atoms with Crippen LogP contribution in [-0.2, 0) is 0 Å². The summed E-state index contributed by atoms with van der Waals surface area (Å²) in [4.78, 5) is 0. The van der Waals surface area contributed by atoms with Gasteiger partial charge >= 0.3 is 0 Å². The minimum Gasteiger partial charge on any atom is -0.493 e. The number of nitrogens with zero attached hydrogens (tertiary/aromatic N) is 1. The maximum Gasteiger partial charge on any atom is 0.161 e. The first-order valence-corrected chi connectivity index (χ1v) is 5.92. The second-order valence-corrected chi connectivity index (χ2v) is 4.30. The van der Waals surface area contributed by atoms with Crippen LogP contribution in [0.3, 0.4) is 0 Å². The molecule has 0 fully saturated rings. The quantitative estimate of drug-likeness (QED) is 0.876. The van der Waals surface area contributed by atoms with Crippen LogP contribution in [0.5, 0.6) is 11.5 Å². The smallest absolute Gasteiger partial charge is 0.161 e. The molecule has 2 rings (SSSR count). The molecule has 0 atom stereocenters. The molecule has 0 unspecified atom stereocenters. The predicted molar refractivity (Wildman–Crippen MR) is 73.0 cm³/mol. The number of aromatic nitrogens is 2. The molecule has 2 aromatic rings. The molecular formula is C12H11ClN2O2S. The minimum atomic E-state index is 0.355. The van der Waals surface area contributed by atoms with Crippen LogP contribution in [-0.4, -0.2) is 24.4 Å². The number of halogens is 1. The van der Waals surface area contributed by atoms with E-state index in [-0.39, 0.29) is 0 Å². The number of methoxy groups -OCH3 is 2. The highest BCUT2D eigenvalue weighted by molar-refractivity contribution is 7.71. The van der Waals surface area contributed by atoms with Gasteiger partial charge in [0.25, 0.3) is 0 Å². The first-order chi connectivity index (χ1) is 8.65. The fourth-order valence-corrected chi connectivity index (χ4v) is 1.97. The van der Waals surface area contributed by atoms with Gasteiger partial charge in [0.05, 0.1) is 14.2 Å². The minimum absolute atomic E-state index is 0.355. The van der Waals surface area contributed by atoms with E-state index in [0.717, 1.165) is 11.1 Å². The number of hydrogen-bond acceptors (Lipinski definition) is 4. The van der Waals surface area contributed by atoms with Crippen molar-refractivity contribution >= 4 is 23.8 Å². The summed E-state index contributed by atoms with van der Waals surface area (Å²) in [5, 5.41) is 6.87. The lowest BCUT2D eigenvalue weighted by molar-refractivity contribution is 0.355. The predicted octanol–water partition coefficient (Wildman–Crippen LogP) is 3.48. The summed E-state index contributed by atoms with van der Waals surface area (Å²) in [7, 11) is 3.18. The monoisotopic (exact) mass is 282 g/mol. The molecule has 0 amide bonds. The average molecular weight is 283 g/mol. The van der Waals surface area contributed by atoms with Crippen LogP contribution < -0.4 is 9.47 Å². The molecule has 1 heterocycles. The van der Waals surface area contributed by atoms with E-state index in [9.17, 15) is 0 Å². The van der Waals surface area contributed by atoms with Gasteiger partial charge in [-0.05, 0) is 23.8 Å². The molecule has 1 N–H and O–H groups in total. The molecule has 1 aromatic carbocycles. The Hall–Kier alpha value is -1.59. The number of aromatic amines is 1. The van der Waals surface area contributed by atoms with Gasteiger partial charge in [-0.1, -0.05) is 29.9 Å². The van der Waals surface area contributed by atoms with E-state index < -0.39 is 0 Å². The van der Waals surface area contributed by atoms with Crippen molar-refractivity contribution in [3.05, 3.63) is 34.1 Å². The van der Waals surface area contributed by atoms with Crippen LogP contribution in [0.15, 0.2) is 24.3 Å². The summed E-state index contributed by atoms with van der Waals surface area (Å²) in [6.07, 6.45) is 0. The third kappa shape index (κ3) is 2.47. The number of hydrogen-bond donors (Lipinski definition) is 1. The maximum absolute atomic E-state index is 5.85. The normalized spacial score (nSPS) is 10.2. The molecule has 0 aliphatic carbocycles. The summed E-state index contributed by atoms with van der Waals surface area (Å²) in [6, 6.07) is 7.25. The average Bonchev–Trinajstić information content (AvgIpc) is 2.40. The molecule has 0 spiro atoms. The van der Waals surface area contributed by atoms with Gasteiger partial charge in [-0.3, -0.25) is 5.10 Å². The van der Waals surface area contributed by atoms with Gasteiger partial charge in [0, 0.05) is 5.56 Å². The van der Waals surface area contributed by atoms with Crippen LogP contribution in [0.4, 0.5) is 0 Å². The van der Waals surface area contributed by atoms with Crippen molar-refractivity contribution in [3.63, 3.8) is 0 Å². The maximum atomic E-state index is 5.85. The Morgan fingerprint density at radius 1 is 1.17 bits per heavy atom. The lowest BCUT2D eigenvalue weighted by Gasteiger charge is -2.09. The summed E-state index contributed by atoms with van der Waals surface area (Å²) in [5.74, 6) is 1.30. The molecule has 6 heteroatoms. The third-order valence-corrected chi connectivity index (χ3v) is 2.97. The van der Waals surface area contributed by atoms with Crippen LogP contribution in [0.2, 0.25) is 5.15 Å². The van der Waals surface area contributed by atoms with E-state index in [1.165, 1.54) is 0 Å². The van der Waals surface area contributed by atoms with E-state index in [1.54, 1.807) is 20.3 Å². The summed E-state index contributed by atoms with van der Waals surface area (Å²) in [5.41, 5.74) is 1.68. The molecule has 0 radical (unpaired) electrons. The van der Waals surface area contributed by atoms with E-state index in [2.05, 4.69) is 10.2 Å².